The minimum Gasteiger partial charge on any atom is -0.465 e. The van der Waals surface area contributed by atoms with Crippen molar-refractivity contribution in [1.29, 1.82) is 0 Å². The molecule has 0 spiro atoms. The SMILES string of the molecule is COC(=O)c1c(-c2ccncc2[N+](=O)[O-])noc1C. The Morgan fingerprint density at radius 3 is 2.89 bits per heavy atom. The standard InChI is InChI=1S/C11H9N3O5/c1-6-9(11(15)18-2)10(13-19-6)7-3-4-12-5-8(7)14(16)17/h3-5H,1-2H3. The van der Waals surface area contributed by atoms with Crippen LogP contribution in [0.5, 0.6) is 0 Å². The molecule has 0 radical (unpaired) electrons. The summed E-state index contributed by atoms with van der Waals surface area (Å²) in [4.78, 5) is 25.7. The Morgan fingerprint density at radius 1 is 1.53 bits per heavy atom. The number of aromatic nitrogens is 2. The van der Waals surface area contributed by atoms with Gasteiger partial charge < -0.3 is 9.26 Å². The summed E-state index contributed by atoms with van der Waals surface area (Å²) < 4.78 is 9.53. The number of pyridine rings is 1. The molecule has 2 rings (SSSR count). The van der Waals surface area contributed by atoms with Gasteiger partial charge >= 0.3 is 5.97 Å². The summed E-state index contributed by atoms with van der Waals surface area (Å²) in [5.74, 6) is -0.437. The lowest BCUT2D eigenvalue weighted by Gasteiger charge is -2.01. The van der Waals surface area contributed by atoms with Crippen LogP contribution in [0.1, 0.15) is 16.1 Å². The second-order valence-electron chi connectivity index (χ2n) is 3.60. The van der Waals surface area contributed by atoms with E-state index in [9.17, 15) is 14.9 Å². The fraction of sp³-hybridized carbons (Fsp3) is 0.182. The van der Waals surface area contributed by atoms with Crippen LogP contribution in [0.3, 0.4) is 0 Å². The van der Waals surface area contributed by atoms with E-state index in [1.807, 2.05) is 0 Å². The van der Waals surface area contributed by atoms with Crippen molar-refractivity contribution < 1.29 is 19.0 Å². The van der Waals surface area contributed by atoms with E-state index >= 15 is 0 Å². The van der Waals surface area contributed by atoms with Gasteiger partial charge in [0.15, 0.2) is 0 Å². The zero-order valence-corrected chi connectivity index (χ0v) is 10.1. The molecule has 0 saturated heterocycles. The Labute approximate surface area is 107 Å². The van der Waals surface area contributed by atoms with Crippen molar-refractivity contribution in [2.75, 3.05) is 7.11 Å². The van der Waals surface area contributed by atoms with Gasteiger partial charge in [0.1, 0.15) is 23.2 Å². The molecule has 0 N–H and O–H groups in total. The van der Waals surface area contributed by atoms with Crippen LogP contribution in [0.2, 0.25) is 0 Å². The van der Waals surface area contributed by atoms with Crippen molar-refractivity contribution in [3.05, 3.63) is 39.9 Å². The highest BCUT2D eigenvalue weighted by atomic mass is 16.6. The second kappa shape index (κ2) is 4.84. The predicted octanol–water partition coefficient (Wildman–Crippen LogP) is 1.74. The Balaban J connectivity index is 2.67. The number of carbonyl (C=O) groups excluding carboxylic acids is 1. The van der Waals surface area contributed by atoms with Crippen LogP contribution < -0.4 is 0 Å². The number of ether oxygens (including phenoxy) is 1. The monoisotopic (exact) mass is 263 g/mol. The average Bonchev–Trinajstić information content (AvgIpc) is 2.79. The summed E-state index contributed by atoms with van der Waals surface area (Å²) in [6, 6.07) is 1.39. The van der Waals surface area contributed by atoms with E-state index in [-0.39, 0.29) is 28.3 Å². The Kier molecular flexibility index (Phi) is 3.23. The van der Waals surface area contributed by atoms with E-state index in [4.69, 9.17) is 4.52 Å². The number of nitro groups is 1. The molecule has 19 heavy (non-hydrogen) atoms. The zero-order chi connectivity index (χ0) is 14.0. The molecular formula is C11H9N3O5. The molecule has 0 unspecified atom stereocenters. The van der Waals surface area contributed by atoms with Crippen LogP contribution in [-0.4, -0.2) is 28.1 Å². The molecule has 0 atom stereocenters. The molecule has 0 amide bonds. The van der Waals surface area contributed by atoms with Crippen molar-refractivity contribution in [3.63, 3.8) is 0 Å². The van der Waals surface area contributed by atoms with E-state index in [0.29, 0.717) is 0 Å². The molecule has 0 bridgehead atoms. The molecule has 0 aromatic carbocycles. The lowest BCUT2D eigenvalue weighted by molar-refractivity contribution is -0.384. The fourth-order valence-electron chi connectivity index (χ4n) is 1.63. The molecule has 0 saturated carbocycles. The Bertz CT molecular complexity index is 650. The molecule has 2 heterocycles. The largest absolute Gasteiger partial charge is 0.465 e. The smallest absolute Gasteiger partial charge is 0.343 e. The number of esters is 1. The maximum atomic E-state index is 11.7. The number of methoxy groups -OCH3 is 1. The van der Waals surface area contributed by atoms with Crippen molar-refractivity contribution in [3.8, 4) is 11.3 Å². The van der Waals surface area contributed by atoms with Gasteiger partial charge in [0.2, 0.25) is 0 Å². The molecule has 0 aliphatic carbocycles. The summed E-state index contributed by atoms with van der Waals surface area (Å²) in [6.45, 7) is 1.52. The van der Waals surface area contributed by atoms with E-state index < -0.39 is 10.9 Å². The number of nitrogens with zero attached hydrogens (tertiary/aromatic N) is 3. The first kappa shape index (κ1) is 12.7. The Morgan fingerprint density at radius 2 is 2.26 bits per heavy atom. The van der Waals surface area contributed by atoms with Gasteiger partial charge in [-0.15, -0.1) is 0 Å². The van der Waals surface area contributed by atoms with Crippen molar-refractivity contribution in [2.45, 2.75) is 6.92 Å². The highest BCUT2D eigenvalue weighted by molar-refractivity contribution is 5.98. The quantitative estimate of drug-likeness (QED) is 0.471. The molecule has 0 aliphatic rings. The second-order valence-corrected chi connectivity index (χ2v) is 3.60. The summed E-state index contributed by atoms with van der Waals surface area (Å²) in [7, 11) is 1.21. The molecule has 2 aromatic heterocycles. The van der Waals surface area contributed by atoms with Gasteiger partial charge in [-0.05, 0) is 13.0 Å². The summed E-state index contributed by atoms with van der Waals surface area (Å²) >= 11 is 0. The van der Waals surface area contributed by atoms with Crippen molar-refractivity contribution in [1.82, 2.24) is 10.1 Å². The molecule has 2 aromatic rings. The van der Waals surface area contributed by atoms with Crippen LogP contribution in [0, 0.1) is 17.0 Å². The van der Waals surface area contributed by atoms with E-state index in [1.54, 1.807) is 0 Å². The summed E-state index contributed by atoms with van der Waals surface area (Å²) in [5, 5.41) is 14.6. The number of hydrogen-bond acceptors (Lipinski definition) is 7. The molecular weight excluding hydrogens is 254 g/mol. The molecule has 8 heteroatoms. The maximum absolute atomic E-state index is 11.7. The predicted molar refractivity (Wildman–Crippen MR) is 62.5 cm³/mol. The average molecular weight is 263 g/mol. The zero-order valence-electron chi connectivity index (χ0n) is 10.1. The molecule has 0 fully saturated rings. The lowest BCUT2D eigenvalue weighted by Crippen LogP contribution is -2.04. The summed E-state index contributed by atoms with van der Waals surface area (Å²) in [6.07, 6.45) is 2.45. The lowest BCUT2D eigenvalue weighted by atomic mass is 10.1. The van der Waals surface area contributed by atoms with E-state index in [0.717, 1.165) is 6.20 Å². The van der Waals surface area contributed by atoms with Gasteiger partial charge in [0, 0.05) is 6.20 Å². The number of hydrogen-bond donors (Lipinski definition) is 0. The number of rotatable bonds is 3. The van der Waals surface area contributed by atoms with E-state index in [2.05, 4.69) is 14.9 Å². The first-order valence-corrected chi connectivity index (χ1v) is 5.19. The van der Waals surface area contributed by atoms with Gasteiger partial charge in [-0.2, -0.15) is 0 Å². The molecule has 8 nitrogen and oxygen atoms in total. The minimum absolute atomic E-state index is 0.0665. The Hall–Kier alpha value is -2.77. The third kappa shape index (κ3) is 2.15. The maximum Gasteiger partial charge on any atom is 0.343 e. The van der Waals surface area contributed by atoms with Crippen LogP contribution in [0.4, 0.5) is 5.69 Å². The van der Waals surface area contributed by atoms with Gasteiger partial charge in [-0.3, -0.25) is 15.1 Å². The van der Waals surface area contributed by atoms with Crippen LogP contribution >= 0.6 is 0 Å². The van der Waals surface area contributed by atoms with E-state index in [1.165, 1.54) is 26.3 Å². The fourth-order valence-corrected chi connectivity index (χ4v) is 1.63. The van der Waals surface area contributed by atoms with Crippen LogP contribution in [-0.2, 0) is 4.74 Å². The topological polar surface area (TPSA) is 108 Å². The highest BCUT2D eigenvalue weighted by Gasteiger charge is 2.27. The first-order valence-electron chi connectivity index (χ1n) is 5.19. The summed E-state index contributed by atoms with van der Waals surface area (Å²) in [5.41, 5.74) is 0.0217. The first-order chi connectivity index (χ1) is 9.06. The molecule has 98 valence electrons. The van der Waals surface area contributed by atoms with Gasteiger partial charge in [-0.1, -0.05) is 5.16 Å². The van der Waals surface area contributed by atoms with Gasteiger partial charge in [0.05, 0.1) is 17.6 Å². The van der Waals surface area contributed by atoms with Crippen molar-refractivity contribution in [2.24, 2.45) is 0 Å². The van der Waals surface area contributed by atoms with Crippen LogP contribution in [0.15, 0.2) is 23.0 Å². The molecule has 0 aliphatic heterocycles. The third-order valence-corrected chi connectivity index (χ3v) is 2.50. The van der Waals surface area contributed by atoms with Crippen molar-refractivity contribution >= 4 is 11.7 Å². The van der Waals surface area contributed by atoms with Gasteiger partial charge in [0.25, 0.3) is 5.69 Å². The highest BCUT2D eigenvalue weighted by Crippen LogP contribution is 2.32. The minimum atomic E-state index is -0.667. The normalized spacial score (nSPS) is 10.2. The van der Waals surface area contributed by atoms with Gasteiger partial charge in [-0.25, -0.2) is 4.79 Å². The van der Waals surface area contributed by atoms with Crippen LogP contribution in [0.25, 0.3) is 11.3 Å². The number of carbonyl (C=O) groups is 1. The third-order valence-electron chi connectivity index (χ3n) is 2.50. The number of aryl methyl sites for hydroxylation is 1.